The third kappa shape index (κ3) is 2.10. The number of anilines is 1. The standard InChI is InChI=1S/C23H20ClN3O3/c24-14-8-9-16-15(11-14)23(22(30)25-16)19-18(17-7-4-10-27(17)23)20(28)26(21(19)29)12-13-5-2-1-3-6-13/h1-3,5-6,8-9,11,17-19H,4,7,10,12H2,(H,25,30). The van der Waals surface area contributed by atoms with Gasteiger partial charge in [-0.1, -0.05) is 41.9 Å². The van der Waals surface area contributed by atoms with E-state index in [-0.39, 0.29) is 30.3 Å². The number of nitrogens with zero attached hydrogens (tertiary/aromatic N) is 2. The Morgan fingerprint density at radius 1 is 1.07 bits per heavy atom. The third-order valence-corrected chi connectivity index (χ3v) is 7.46. The van der Waals surface area contributed by atoms with Gasteiger partial charge in [0, 0.05) is 22.3 Å². The van der Waals surface area contributed by atoms with E-state index in [1.54, 1.807) is 18.2 Å². The summed E-state index contributed by atoms with van der Waals surface area (Å²) >= 11 is 6.30. The van der Waals surface area contributed by atoms with Gasteiger partial charge in [0.25, 0.3) is 0 Å². The Kier molecular flexibility index (Phi) is 3.71. The van der Waals surface area contributed by atoms with Crippen molar-refractivity contribution in [3.63, 3.8) is 0 Å². The number of benzene rings is 2. The van der Waals surface area contributed by atoms with Crippen LogP contribution in [0.1, 0.15) is 24.0 Å². The topological polar surface area (TPSA) is 69.7 Å². The predicted molar refractivity (Wildman–Crippen MR) is 110 cm³/mol. The average molecular weight is 422 g/mol. The fraction of sp³-hybridized carbons (Fsp3) is 0.348. The number of amides is 3. The molecule has 1 spiro atoms. The van der Waals surface area contributed by atoms with E-state index < -0.39 is 17.4 Å². The normalized spacial score (nSPS) is 32.0. The SMILES string of the molecule is O=C1C2C3CCCN3C3(C(=O)Nc4ccc(Cl)cc43)C2C(=O)N1Cc1ccccc1. The molecule has 0 aliphatic carbocycles. The van der Waals surface area contributed by atoms with Crippen LogP contribution in [-0.2, 0) is 26.5 Å². The van der Waals surface area contributed by atoms with Crippen LogP contribution in [0.3, 0.4) is 0 Å². The van der Waals surface area contributed by atoms with E-state index in [9.17, 15) is 14.4 Å². The number of hydrogen-bond acceptors (Lipinski definition) is 4. The Morgan fingerprint density at radius 3 is 2.67 bits per heavy atom. The summed E-state index contributed by atoms with van der Waals surface area (Å²) in [7, 11) is 0. The molecule has 30 heavy (non-hydrogen) atoms. The fourth-order valence-electron chi connectivity index (χ4n) is 6.16. The average Bonchev–Trinajstić information content (AvgIpc) is 3.44. The van der Waals surface area contributed by atoms with Crippen molar-refractivity contribution in [2.24, 2.45) is 11.8 Å². The van der Waals surface area contributed by atoms with Crippen molar-refractivity contribution < 1.29 is 14.4 Å². The number of fused-ring (bicyclic) bond motifs is 7. The van der Waals surface area contributed by atoms with Crippen LogP contribution in [0.5, 0.6) is 0 Å². The third-order valence-electron chi connectivity index (χ3n) is 7.23. The van der Waals surface area contributed by atoms with Crippen molar-refractivity contribution in [3.05, 3.63) is 64.7 Å². The zero-order chi connectivity index (χ0) is 20.6. The van der Waals surface area contributed by atoms with Crippen LogP contribution in [0, 0.1) is 11.8 Å². The maximum Gasteiger partial charge on any atom is 0.250 e. The summed E-state index contributed by atoms with van der Waals surface area (Å²) < 4.78 is 0. The zero-order valence-corrected chi connectivity index (χ0v) is 16.9. The van der Waals surface area contributed by atoms with E-state index in [1.165, 1.54) is 4.90 Å². The second-order valence-corrected chi connectivity index (χ2v) is 9.00. The molecule has 6 rings (SSSR count). The van der Waals surface area contributed by atoms with E-state index in [0.29, 0.717) is 17.3 Å². The first kappa shape index (κ1) is 18.1. The van der Waals surface area contributed by atoms with Crippen LogP contribution in [-0.4, -0.2) is 40.1 Å². The van der Waals surface area contributed by atoms with E-state index in [0.717, 1.165) is 24.0 Å². The van der Waals surface area contributed by atoms with E-state index in [1.807, 2.05) is 30.3 Å². The number of rotatable bonds is 2. The molecule has 0 bridgehead atoms. The number of hydrogen-bond donors (Lipinski definition) is 1. The Labute approximate surface area is 178 Å². The summed E-state index contributed by atoms with van der Waals surface area (Å²) in [5, 5.41) is 3.48. The lowest BCUT2D eigenvalue weighted by Crippen LogP contribution is -2.54. The quantitative estimate of drug-likeness (QED) is 0.757. The van der Waals surface area contributed by atoms with Crippen LogP contribution >= 0.6 is 11.6 Å². The molecule has 2 aromatic rings. The largest absolute Gasteiger partial charge is 0.324 e. The van der Waals surface area contributed by atoms with Gasteiger partial charge in [0.1, 0.15) is 5.54 Å². The molecule has 0 saturated carbocycles. The molecule has 2 aromatic carbocycles. The predicted octanol–water partition coefficient (Wildman–Crippen LogP) is 2.77. The lowest BCUT2D eigenvalue weighted by atomic mass is 9.75. The Hall–Kier alpha value is -2.70. The minimum absolute atomic E-state index is 0.108. The monoisotopic (exact) mass is 421 g/mol. The van der Waals surface area contributed by atoms with Gasteiger partial charge in [-0.05, 0) is 43.1 Å². The second kappa shape index (κ2) is 6.15. The highest BCUT2D eigenvalue weighted by atomic mass is 35.5. The zero-order valence-electron chi connectivity index (χ0n) is 16.2. The molecule has 4 atom stereocenters. The molecule has 3 fully saturated rings. The van der Waals surface area contributed by atoms with Crippen LogP contribution in [0.4, 0.5) is 5.69 Å². The molecule has 4 aliphatic heterocycles. The van der Waals surface area contributed by atoms with Gasteiger partial charge < -0.3 is 5.32 Å². The smallest absolute Gasteiger partial charge is 0.250 e. The molecule has 4 unspecified atom stereocenters. The van der Waals surface area contributed by atoms with Crippen LogP contribution in [0.25, 0.3) is 0 Å². The number of carbonyl (C=O) groups is 3. The molecule has 0 aromatic heterocycles. The fourth-order valence-corrected chi connectivity index (χ4v) is 6.33. The summed E-state index contributed by atoms with van der Waals surface area (Å²) in [6.07, 6.45) is 1.71. The van der Waals surface area contributed by atoms with Crippen molar-refractivity contribution in [2.75, 3.05) is 11.9 Å². The maximum absolute atomic E-state index is 13.7. The van der Waals surface area contributed by atoms with Crippen molar-refractivity contribution in [1.82, 2.24) is 9.80 Å². The van der Waals surface area contributed by atoms with Crippen molar-refractivity contribution in [1.29, 1.82) is 0 Å². The Balaban J connectivity index is 1.50. The molecule has 152 valence electrons. The van der Waals surface area contributed by atoms with Gasteiger partial charge >= 0.3 is 0 Å². The van der Waals surface area contributed by atoms with Gasteiger partial charge in [-0.15, -0.1) is 0 Å². The minimum atomic E-state index is -1.16. The molecular weight excluding hydrogens is 402 g/mol. The highest BCUT2D eigenvalue weighted by Gasteiger charge is 2.74. The highest BCUT2D eigenvalue weighted by Crippen LogP contribution is 2.60. The molecule has 6 nitrogen and oxygen atoms in total. The van der Waals surface area contributed by atoms with Gasteiger partial charge in [-0.3, -0.25) is 24.2 Å². The highest BCUT2D eigenvalue weighted by molar-refractivity contribution is 6.31. The van der Waals surface area contributed by atoms with E-state index in [4.69, 9.17) is 11.6 Å². The molecule has 4 aliphatic rings. The first-order chi connectivity index (χ1) is 14.5. The molecule has 3 amide bonds. The molecule has 7 heteroatoms. The summed E-state index contributed by atoms with van der Waals surface area (Å²) in [6.45, 7) is 0.925. The molecular formula is C23H20ClN3O3. The lowest BCUT2D eigenvalue weighted by molar-refractivity contribution is -0.146. The summed E-state index contributed by atoms with van der Waals surface area (Å²) in [5.74, 6) is -1.86. The Bertz CT molecular complexity index is 1100. The summed E-state index contributed by atoms with van der Waals surface area (Å²) in [4.78, 5) is 44.1. The van der Waals surface area contributed by atoms with E-state index >= 15 is 0 Å². The van der Waals surface area contributed by atoms with Gasteiger partial charge in [-0.2, -0.15) is 0 Å². The van der Waals surface area contributed by atoms with Crippen molar-refractivity contribution >= 4 is 35.0 Å². The van der Waals surface area contributed by atoms with Gasteiger partial charge in [-0.25, -0.2) is 0 Å². The molecule has 3 saturated heterocycles. The lowest BCUT2D eigenvalue weighted by Gasteiger charge is -2.36. The number of imide groups is 1. The maximum atomic E-state index is 13.7. The summed E-state index contributed by atoms with van der Waals surface area (Å²) in [5.41, 5.74) is 1.14. The van der Waals surface area contributed by atoms with Crippen LogP contribution in [0.2, 0.25) is 5.02 Å². The summed E-state index contributed by atoms with van der Waals surface area (Å²) in [6, 6.07) is 14.7. The number of nitrogens with one attached hydrogen (secondary N) is 1. The molecule has 0 radical (unpaired) electrons. The first-order valence-corrected chi connectivity index (χ1v) is 10.7. The first-order valence-electron chi connectivity index (χ1n) is 10.3. The number of likely N-dealkylation sites (tertiary alicyclic amines) is 1. The van der Waals surface area contributed by atoms with Gasteiger partial charge in [0.2, 0.25) is 17.7 Å². The van der Waals surface area contributed by atoms with Crippen LogP contribution in [0.15, 0.2) is 48.5 Å². The van der Waals surface area contributed by atoms with Gasteiger partial charge in [0.15, 0.2) is 0 Å². The second-order valence-electron chi connectivity index (χ2n) is 8.57. The van der Waals surface area contributed by atoms with E-state index in [2.05, 4.69) is 10.2 Å². The van der Waals surface area contributed by atoms with Crippen molar-refractivity contribution in [2.45, 2.75) is 31.0 Å². The Morgan fingerprint density at radius 2 is 1.87 bits per heavy atom. The molecule has 1 N–H and O–H groups in total. The number of halogens is 1. The molecule has 4 heterocycles. The van der Waals surface area contributed by atoms with Gasteiger partial charge in [0.05, 0.1) is 18.4 Å². The number of carbonyl (C=O) groups excluding carboxylic acids is 3. The van der Waals surface area contributed by atoms with Crippen LogP contribution < -0.4 is 5.32 Å². The van der Waals surface area contributed by atoms with Crippen molar-refractivity contribution in [3.8, 4) is 0 Å². The minimum Gasteiger partial charge on any atom is -0.324 e.